The van der Waals surface area contributed by atoms with Gasteiger partial charge in [-0.15, -0.1) is 0 Å². The van der Waals surface area contributed by atoms with Crippen LogP contribution in [-0.4, -0.2) is 87.7 Å². The van der Waals surface area contributed by atoms with Crippen LogP contribution in [0.15, 0.2) is 30.6 Å². The number of likely N-dealkylation sites (N-methyl/N-ethyl adjacent to an activating group) is 1. The largest absolute Gasteiger partial charge is 0.462 e. The van der Waals surface area contributed by atoms with Gasteiger partial charge in [-0.2, -0.15) is 20.2 Å². The lowest BCUT2D eigenvalue weighted by Gasteiger charge is -2.29. The Labute approximate surface area is 214 Å². The first-order chi connectivity index (χ1) is 18.2. The second kappa shape index (κ2) is 8.97. The van der Waals surface area contributed by atoms with E-state index in [1.165, 1.54) is 12.0 Å². The number of nitrogens with one attached hydrogen (secondary N) is 3. The number of nitrogens with zero attached hydrogens (tertiary/aromatic N) is 6. The van der Waals surface area contributed by atoms with Gasteiger partial charge in [0, 0.05) is 43.0 Å². The van der Waals surface area contributed by atoms with Crippen LogP contribution in [-0.2, 0) is 0 Å². The fourth-order valence-corrected chi connectivity index (χ4v) is 5.91. The van der Waals surface area contributed by atoms with Crippen molar-refractivity contribution < 1.29 is 4.74 Å². The highest BCUT2D eigenvalue weighted by molar-refractivity contribution is 6.17. The monoisotopic (exact) mass is 497 g/mol. The Morgan fingerprint density at radius 3 is 2.70 bits per heavy atom. The molecular weight excluding hydrogens is 466 g/mol. The summed E-state index contributed by atoms with van der Waals surface area (Å²) >= 11 is 0. The molecule has 2 aliphatic rings. The van der Waals surface area contributed by atoms with E-state index in [1.807, 2.05) is 12.4 Å². The molecule has 0 amide bonds. The summed E-state index contributed by atoms with van der Waals surface area (Å²) in [6, 6.07) is 7.21. The first-order valence-electron chi connectivity index (χ1n) is 13.1. The van der Waals surface area contributed by atoms with Crippen molar-refractivity contribution in [3.05, 3.63) is 36.2 Å². The van der Waals surface area contributed by atoms with E-state index in [0.717, 1.165) is 88.8 Å². The molecule has 2 aliphatic heterocycles. The summed E-state index contributed by atoms with van der Waals surface area (Å²) in [5.41, 5.74) is 6.19. The number of aromatic nitrogens is 6. The average molecular weight is 498 g/mol. The van der Waals surface area contributed by atoms with Crippen molar-refractivity contribution >= 4 is 38.5 Å². The third-order valence-corrected chi connectivity index (χ3v) is 7.95. The van der Waals surface area contributed by atoms with Crippen molar-refractivity contribution in [2.75, 3.05) is 51.3 Å². The van der Waals surface area contributed by atoms with Gasteiger partial charge < -0.3 is 19.9 Å². The fourth-order valence-electron chi connectivity index (χ4n) is 5.91. The highest BCUT2D eigenvalue weighted by Gasteiger charge is 2.25. The van der Waals surface area contributed by atoms with Crippen LogP contribution in [0.5, 0.6) is 6.01 Å². The number of piperazine rings is 1. The molecule has 7 rings (SSSR count). The number of aryl methyl sites for hydroxylation is 1. The molecule has 190 valence electrons. The van der Waals surface area contributed by atoms with Crippen molar-refractivity contribution in [1.82, 2.24) is 40.6 Å². The molecule has 0 spiro atoms. The van der Waals surface area contributed by atoms with Crippen molar-refractivity contribution in [2.24, 2.45) is 0 Å². The minimum absolute atomic E-state index is 0.397. The van der Waals surface area contributed by atoms with Crippen molar-refractivity contribution in [1.29, 1.82) is 0 Å². The predicted octanol–water partition coefficient (Wildman–Crippen LogP) is 3.24. The van der Waals surface area contributed by atoms with Gasteiger partial charge in [-0.3, -0.25) is 10.2 Å². The molecular formula is C27H31N9O. The number of aromatic amines is 2. The maximum Gasteiger partial charge on any atom is 0.319 e. The van der Waals surface area contributed by atoms with Gasteiger partial charge in [0.15, 0.2) is 0 Å². The van der Waals surface area contributed by atoms with Crippen LogP contribution in [0.3, 0.4) is 0 Å². The van der Waals surface area contributed by atoms with Crippen LogP contribution >= 0.6 is 0 Å². The van der Waals surface area contributed by atoms with Gasteiger partial charge >= 0.3 is 6.01 Å². The van der Waals surface area contributed by atoms with E-state index in [0.29, 0.717) is 18.7 Å². The summed E-state index contributed by atoms with van der Waals surface area (Å²) in [5, 5.41) is 21.7. The van der Waals surface area contributed by atoms with Crippen LogP contribution in [0.2, 0.25) is 0 Å². The minimum Gasteiger partial charge on any atom is -0.462 e. The van der Waals surface area contributed by atoms with Gasteiger partial charge in [-0.1, -0.05) is 6.07 Å². The van der Waals surface area contributed by atoms with E-state index in [-0.39, 0.29) is 0 Å². The van der Waals surface area contributed by atoms with Crippen molar-refractivity contribution in [3.8, 4) is 17.1 Å². The zero-order valence-electron chi connectivity index (χ0n) is 21.2. The lowest BCUT2D eigenvalue weighted by Crippen LogP contribution is -2.44. The van der Waals surface area contributed by atoms with E-state index >= 15 is 0 Å². The molecule has 0 bridgehead atoms. The molecule has 2 aromatic carbocycles. The van der Waals surface area contributed by atoms with Crippen LogP contribution < -0.4 is 15.0 Å². The minimum atomic E-state index is 0.397. The molecule has 0 aliphatic carbocycles. The maximum absolute atomic E-state index is 6.27. The van der Waals surface area contributed by atoms with E-state index in [1.54, 1.807) is 0 Å². The molecule has 10 heteroatoms. The molecule has 3 N–H and O–H groups in total. The number of ether oxygens (including phenoxy) is 1. The molecule has 1 atom stereocenters. The molecule has 2 saturated heterocycles. The van der Waals surface area contributed by atoms with Crippen LogP contribution in [0.4, 0.5) is 5.82 Å². The smallest absolute Gasteiger partial charge is 0.319 e. The zero-order valence-corrected chi connectivity index (χ0v) is 21.2. The highest BCUT2D eigenvalue weighted by atomic mass is 16.5. The first-order valence-corrected chi connectivity index (χ1v) is 13.1. The average Bonchev–Trinajstić information content (AvgIpc) is 3.68. The highest BCUT2D eigenvalue weighted by Crippen LogP contribution is 2.41. The van der Waals surface area contributed by atoms with Crippen LogP contribution in [0.1, 0.15) is 18.4 Å². The second-order valence-corrected chi connectivity index (χ2v) is 10.2. The van der Waals surface area contributed by atoms with Gasteiger partial charge in [0.1, 0.15) is 12.4 Å². The molecule has 0 radical (unpaired) electrons. The van der Waals surface area contributed by atoms with Gasteiger partial charge in [0.05, 0.1) is 34.3 Å². The van der Waals surface area contributed by atoms with Gasteiger partial charge in [-0.05, 0) is 62.2 Å². The number of benzene rings is 2. The van der Waals surface area contributed by atoms with E-state index in [9.17, 15) is 0 Å². The summed E-state index contributed by atoms with van der Waals surface area (Å²) in [7, 11) is 2.16. The van der Waals surface area contributed by atoms with Gasteiger partial charge in [0.2, 0.25) is 0 Å². The SMILES string of the molecule is Cc1ccc2[nH]ncc2c1-c1cc2nc(OC[C@@H]3CCCN3C)nc(N3CCNCC3)c2c2[nH]ncc12. The summed E-state index contributed by atoms with van der Waals surface area (Å²) in [5.74, 6) is 0.903. The Bertz CT molecular complexity index is 1600. The zero-order chi connectivity index (χ0) is 24.9. The Balaban J connectivity index is 1.43. The summed E-state index contributed by atoms with van der Waals surface area (Å²) in [4.78, 5) is 14.6. The standard InChI is InChI=1S/C27H31N9O/c1-16-5-6-21-20(14-29-33-21)23(16)18-12-22-24(25-19(18)13-30-34-25)26(36-10-7-28-8-11-36)32-27(31-22)37-15-17-4-3-9-35(17)2/h5-6,12-14,17,28H,3-4,7-11,15H2,1-2H3,(H,29,33)(H,30,34)/t17-/m0/s1. The fraction of sp³-hybridized carbons (Fsp3) is 0.407. The number of rotatable bonds is 5. The molecule has 37 heavy (non-hydrogen) atoms. The number of H-pyrrole nitrogens is 2. The van der Waals surface area contributed by atoms with Gasteiger partial charge in [0.25, 0.3) is 0 Å². The molecule has 0 saturated carbocycles. The molecule has 5 aromatic rings. The third kappa shape index (κ3) is 3.79. The van der Waals surface area contributed by atoms with Crippen molar-refractivity contribution in [3.63, 3.8) is 0 Å². The Morgan fingerprint density at radius 1 is 1.03 bits per heavy atom. The third-order valence-electron chi connectivity index (χ3n) is 7.95. The maximum atomic E-state index is 6.27. The number of hydrogen-bond donors (Lipinski definition) is 3. The van der Waals surface area contributed by atoms with Crippen LogP contribution in [0, 0.1) is 6.92 Å². The lowest BCUT2D eigenvalue weighted by molar-refractivity contribution is 0.188. The summed E-state index contributed by atoms with van der Waals surface area (Å²) in [6.45, 7) is 7.43. The van der Waals surface area contributed by atoms with E-state index < -0.39 is 0 Å². The second-order valence-electron chi connectivity index (χ2n) is 10.2. The number of hydrogen-bond acceptors (Lipinski definition) is 8. The predicted molar refractivity (Wildman–Crippen MR) is 145 cm³/mol. The molecule has 3 aromatic heterocycles. The number of anilines is 1. The Morgan fingerprint density at radius 2 is 1.86 bits per heavy atom. The quantitative estimate of drug-likeness (QED) is 0.339. The van der Waals surface area contributed by atoms with E-state index in [2.05, 4.69) is 67.7 Å². The summed E-state index contributed by atoms with van der Waals surface area (Å²) < 4.78 is 6.27. The Kier molecular flexibility index (Phi) is 5.44. The van der Waals surface area contributed by atoms with Crippen LogP contribution in [0.25, 0.3) is 43.8 Å². The van der Waals surface area contributed by atoms with Crippen molar-refractivity contribution in [2.45, 2.75) is 25.8 Å². The number of fused-ring (bicyclic) bond motifs is 4. The Hall–Kier alpha value is -3.76. The topological polar surface area (TPSA) is 111 Å². The molecule has 5 heterocycles. The normalized spacial score (nSPS) is 19.0. The molecule has 10 nitrogen and oxygen atoms in total. The molecule has 0 unspecified atom stereocenters. The number of likely N-dealkylation sites (tertiary alicyclic amines) is 1. The summed E-state index contributed by atoms with van der Waals surface area (Å²) in [6.07, 6.45) is 6.15. The molecule has 2 fully saturated rings. The van der Waals surface area contributed by atoms with E-state index in [4.69, 9.17) is 14.7 Å². The first kappa shape index (κ1) is 22.4. The van der Waals surface area contributed by atoms with Gasteiger partial charge in [-0.25, -0.2) is 0 Å². The lowest BCUT2D eigenvalue weighted by atomic mass is 9.93.